The maximum atomic E-state index is 11.1. The van der Waals surface area contributed by atoms with Gasteiger partial charge in [-0.1, -0.05) is 30.3 Å². The quantitative estimate of drug-likeness (QED) is 0.653. The summed E-state index contributed by atoms with van der Waals surface area (Å²) in [4.78, 5) is 11.1. The van der Waals surface area contributed by atoms with Gasteiger partial charge in [0.05, 0.1) is 0 Å². The summed E-state index contributed by atoms with van der Waals surface area (Å²) in [5, 5.41) is 29.5. The number of benzene rings is 1. The van der Waals surface area contributed by atoms with Gasteiger partial charge in [-0.15, -0.1) is 0 Å². The van der Waals surface area contributed by atoms with Crippen LogP contribution in [0, 0.1) is 0 Å². The highest BCUT2D eigenvalue weighted by atomic mass is 16.6. The number of aliphatic hydroxyl groups is 3. The van der Waals surface area contributed by atoms with Gasteiger partial charge in [0, 0.05) is 6.08 Å². The summed E-state index contributed by atoms with van der Waals surface area (Å²) in [6, 6.07) is 8.49. The number of hydrogen-bond acceptors (Lipinski definition) is 5. The average Bonchev–Trinajstić information content (AvgIpc) is 2.41. The van der Waals surface area contributed by atoms with E-state index in [-0.39, 0.29) is 0 Å². The number of ether oxygens (including phenoxy) is 1. The fourth-order valence-corrected chi connectivity index (χ4v) is 1.83. The molecule has 1 aromatic rings. The number of esters is 1. The molecule has 5 heteroatoms. The van der Waals surface area contributed by atoms with E-state index in [4.69, 9.17) is 4.74 Å². The summed E-state index contributed by atoms with van der Waals surface area (Å²) < 4.78 is 4.82. The summed E-state index contributed by atoms with van der Waals surface area (Å²) >= 11 is 0. The predicted octanol–water partition coefficient (Wildman–Crippen LogP) is -0.0766. The Bertz CT molecular complexity index is 442. The predicted molar refractivity (Wildman–Crippen MR) is 62.4 cm³/mol. The van der Waals surface area contributed by atoms with Gasteiger partial charge in [-0.2, -0.15) is 0 Å². The van der Waals surface area contributed by atoms with Crippen LogP contribution in [-0.2, 0) is 9.53 Å². The first-order valence-electron chi connectivity index (χ1n) is 5.57. The van der Waals surface area contributed by atoms with E-state index in [0.717, 1.165) is 6.08 Å². The molecule has 0 aliphatic carbocycles. The van der Waals surface area contributed by atoms with E-state index in [2.05, 4.69) is 0 Å². The maximum absolute atomic E-state index is 11.1. The molecule has 0 saturated carbocycles. The molecule has 1 aliphatic heterocycles. The van der Waals surface area contributed by atoms with E-state index in [9.17, 15) is 20.1 Å². The molecule has 0 fully saturated rings. The van der Waals surface area contributed by atoms with E-state index in [1.807, 2.05) is 0 Å². The molecule has 0 spiro atoms. The molecule has 2 rings (SSSR count). The molecule has 0 saturated heterocycles. The minimum absolute atomic E-state index is 0.489. The van der Waals surface area contributed by atoms with Crippen molar-refractivity contribution < 1.29 is 24.9 Å². The smallest absolute Gasteiger partial charge is 0.330 e. The highest BCUT2D eigenvalue weighted by molar-refractivity contribution is 5.83. The molecule has 5 nitrogen and oxygen atoms in total. The number of aliphatic hydroxyl groups excluding tert-OH is 3. The minimum Gasteiger partial charge on any atom is -0.453 e. The van der Waals surface area contributed by atoms with Gasteiger partial charge < -0.3 is 20.1 Å². The molecule has 0 bridgehead atoms. The Labute approximate surface area is 104 Å². The first kappa shape index (κ1) is 12.8. The van der Waals surface area contributed by atoms with Gasteiger partial charge in [0.2, 0.25) is 0 Å². The number of rotatable bonds is 3. The van der Waals surface area contributed by atoms with Gasteiger partial charge in [-0.25, -0.2) is 4.79 Å². The van der Waals surface area contributed by atoms with Gasteiger partial charge in [-0.05, 0) is 11.6 Å². The van der Waals surface area contributed by atoms with Crippen LogP contribution in [0.3, 0.4) is 0 Å². The van der Waals surface area contributed by atoms with Gasteiger partial charge in [0.1, 0.15) is 18.3 Å². The van der Waals surface area contributed by atoms with Crippen molar-refractivity contribution in [1.29, 1.82) is 0 Å². The number of hydrogen-bond donors (Lipinski definition) is 3. The van der Waals surface area contributed by atoms with Crippen molar-refractivity contribution in [2.45, 2.75) is 24.4 Å². The van der Waals surface area contributed by atoms with E-state index in [1.54, 1.807) is 30.3 Å². The number of carbonyl (C=O) groups excluding carboxylic acids is 1. The molecule has 4 atom stereocenters. The molecular formula is C13H14O5. The standard InChI is InChI=1S/C13H14O5/c14-9-6-7-10(15)18-13(9)12(17)11(16)8-4-2-1-3-5-8/h1-7,9,11-14,16-17H/t9-,11-,12-,13+/m1/s1. The fraction of sp³-hybridized carbons (Fsp3) is 0.308. The molecule has 1 heterocycles. The van der Waals surface area contributed by atoms with Crippen molar-refractivity contribution in [2.24, 2.45) is 0 Å². The summed E-state index contributed by atoms with van der Waals surface area (Å²) in [7, 11) is 0. The van der Waals surface area contributed by atoms with Gasteiger partial charge in [-0.3, -0.25) is 0 Å². The zero-order valence-corrected chi connectivity index (χ0v) is 9.51. The molecule has 18 heavy (non-hydrogen) atoms. The Hall–Kier alpha value is -1.69. The first-order chi connectivity index (χ1) is 8.59. The van der Waals surface area contributed by atoms with Crippen molar-refractivity contribution in [2.75, 3.05) is 0 Å². The third kappa shape index (κ3) is 2.59. The third-order valence-corrected chi connectivity index (χ3v) is 2.82. The molecule has 0 unspecified atom stereocenters. The average molecular weight is 250 g/mol. The highest BCUT2D eigenvalue weighted by Crippen LogP contribution is 2.23. The van der Waals surface area contributed by atoms with Crippen LogP contribution in [0.2, 0.25) is 0 Å². The van der Waals surface area contributed by atoms with Crippen LogP contribution in [0.1, 0.15) is 11.7 Å². The van der Waals surface area contributed by atoms with Crippen molar-refractivity contribution in [1.82, 2.24) is 0 Å². The van der Waals surface area contributed by atoms with Crippen LogP contribution in [0.15, 0.2) is 42.5 Å². The van der Waals surface area contributed by atoms with Crippen molar-refractivity contribution in [3.8, 4) is 0 Å². The van der Waals surface area contributed by atoms with Crippen LogP contribution in [0.25, 0.3) is 0 Å². The molecule has 0 radical (unpaired) electrons. The van der Waals surface area contributed by atoms with Crippen LogP contribution in [0.4, 0.5) is 0 Å². The molecule has 96 valence electrons. The second-order valence-corrected chi connectivity index (χ2v) is 4.10. The topological polar surface area (TPSA) is 87.0 Å². The number of cyclic esters (lactones) is 1. The lowest BCUT2D eigenvalue weighted by Crippen LogP contribution is -2.45. The van der Waals surface area contributed by atoms with Crippen LogP contribution in [-0.4, -0.2) is 39.6 Å². The van der Waals surface area contributed by atoms with E-state index in [0.29, 0.717) is 5.56 Å². The lowest BCUT2D eigenvalue weighted by atomic mass is 9.96. The summed E-state index contributed by atoms with van der Waals surface area (Å²) in [5.74, 6) is -0.649. The Morgan fingerprint density at radius 2 is 1.83 bits per heavy atom. The first-order valence-corrected chi connectivity index (χ1v) is 5.57. The van der Waals surface area contributed by atoms with Crippen molar-refractivity contribution in [3.63, 3.8) is 0 Å². The van der Waals surface area contributed by atoms with Gasteiger partial charge in [0.25, 0.3) is 0 Å². The normalized spacial score (nSPS) is 26.5. The second kappa shape index (κ2) is 5.30. The van der Waals surface area contributed by atoms with Gasteiger partial charge in [0.15, 0.2) is 6.10 Å². The van der Waals surface area contributed by atoms with E-state index < -0.39 is 30.4 Å². The molecule has 1 aliphatic rings. The van der Waals surface area contributed by atoms with Gasteiger partial charge >= 0.3 is 5.97 Å². The third-order valence-electron chi connectivity index (χ3n) is 2.82. The van der Waals surface area contributed by atoms with Crippen LogP contribution >= 0.6 is 0 Å². The Balaban J connectivity index is 2.14. The SMILES string of the molecule is O=C1C=C[C@@H](O)[C@@H]([C@H](O)[C@H](O)c2ccccc2)O1. The zero-order valence-electron chi connectivity index (χ0n) is 9.51. The van der Waals surface area contributed by atoms with Crippen LogP contribution in [0.5, 0.6) is 0 Å². The second-order valence-electron chi connectivity index (χ2n) is 4.10. The Kier molecular flexibility index (Phi) is 3.76. The molecule has 3 N–H and O–H groups in total. The fourth-order valence-electron chi connectivity index (χ4n) is 1.83. The Morgan fingerprint density at radius 3 is 2.50 bits per heavy atom. The van der Waals surface area contributed by atoms with Crippen molar-refractivity contribution >= 4 is 5.97 Å². The maximum Gasteiger partial charge on any atom is 0.330 e. The molecule has 0 amide bonds. The molecule has 0 aromatic heterocycles. The number of carbonyl (C=O) groups is 1. The zero-order chi connectivity index (χ0) is 13.1. The minimum atomic E-state index is -1.39. The van der Waals surface area contributed by atoms with Crippen LogP contribution < -0.4 is 0 Å². The molecule has 1 aromatic carbocycles. The lowest BCUT2D eigenvalue weighted by Gasteiger charge is -2.30. The largest absolute Gasteiger partial charge is 0.453 e. The van der Waals surface area contributed by atoms with E-state index >= 15 is 0 Å². The summed E-state index contributed by atoms with van der Waals surface area (Å²) in [6.07, 6.45) is -2.60. The van der Waals surface area contributed by atoms with E-state index in [1.165, 1.54) is 6.08 Å². The highest BCUT2D eigenvalue weighted by Gasteiger charge is 2.36. The summed E-state index contributed by atoms with van der Waals surface area (Å²) in [5.41, 5.74) is 0.489. The Morgan fingerprint density at radius 1 is 1.17 bits per heavy atom. The molecular weight excluding hydrogens is 236 g/mol. The van der Waals surface area contributed by atoms with Crippen molar-refractivity contribution in [3.05, 3.63) is 48.0 Å². The monoisotopic (exact) mass is 250 g/mol. The summed E-state index contributed by atoms with van der Waals surface area (Å²) in [6.45, 7) is 0. The lowest BCUT2D eigenvalue weighted by molar-refractivity contribution is -0.166.